The Labute approximate surface area is 151 Å². The van der Waals surface area contributed by atoms with E-state index in [1.807, 2.05) is 36.4 Å². The maximum absolute atomic E-state index is 12.3. The van der Waals surface area contributed by atoms with Gasteiger partial charge in [-0.15, -0.1) is 0 Å². The first-order valence-electron chi connectivity index (χ1n) is 8.68. The van der Waals surface area contributed by atoms with Crippen LogP contribution >= 0.6 is 0 Å². The van der Waals surface area contributed by atoms with Crippen LogP contribution in [0.15, 0.2) is 48.5 Å². The normalized spacial score (nSPS) is 21.1. The second-order valence-electron chi connectivity index (χ2n) is 6.76. The Kier molecular flexibility index (Phi) is 4.12. The Hall–Kier alpha value is -2.86. The lowest BCUT2D eigenvalue weighted by Gasteiger charge is -2.24. The molecule has 134 valence electrons. The first-order valence-corrected chi connectivity index (χ1v) is 8.68. The van der Waals surface area contributed by atoms with Gasteiger partial charge in [-0.2, -0.15) is 0 Å². The van der Waals surface area contributed by atoms with Crippen molar-refractivity contribution in [2.45, 2.75) is 17.9 Å². The molecule has 0 bridgehead atoms. The highest BCUT2D eigenvalue weighted by molar-refractivity contribution is 5.85. The minimum absolute atomic E-state index is 0.0457. The second-order valence-corrected chi connectivity index (χ2v) is 6.76. The number of carboxylic acids is 1. The minimum atomic E-state index is -1.29. The Morgan fingerprint density at radius 2 is 1.73 bits per heavy atom. The summed E-state index contributed by atoms with van der Waals surface area (Å²) in [6, 6.07) is 16.2. The fourth-order valence-electron chi connectivity index (χ4n) is 3.86. The van der Waals surface area contributed by atoms with Gasteiger partial charge in [0, 0.05) is 12.5 Å². The van der Waals surface area contributed by atoms with Gasteiger partial charge in [0.2, 0.25) is 0 Å². The Morgan fingerprint density at radius 3 is 2.27 bits per heavy atom. The third-order valence-corrected chi connectivity index (χ3v) is 5.25. The third-order valence-electron chi connectivity index (χ3n) is 5.25. The van der Waals surface area contributed by atoms with Crippen LogP contribution in [-0.2, 0) is 9.53 Å². The Bertz CT molecular complexity index is 813. The highest BCUT2D eigenvalue weighted by atomic mass is 16.5. The fourth-order valence-corrected chi connectivity index (χ4v) is 3.86. The molecule has 0 radical (unpaired) electrons. The number of ether oxygens (including phenoxy) is 1. The number of hydrogen-bond donors (Lipinski definition) is 3. The molecule has 1 atom stereocenters. The second kappa shape index (κ2) is 6.46. The van der Waals surface area contributed by atoms with E-state index >= 15 is 0 Å². The molecular formula is C20H20N2O4. The van der Waals surface area contributed by atoms with Gasteiger partial charge in [-0.3, -0.25) is 0 Å². The van der Waals surface area contributed by atoms with E-state index in [2.05, 4.69) is 22.8 Å². The van der Waals surface area contributed by atoms with Crippen LogP contribution in [0.5, 0.6) is 0 Å². The predicted molar refractivity (Wildman–Crippen MR) is 96.1 cm³/mol. The molecule has 0 saturated carbocycles. The number of rotatable bonds is 4. The topological polar surface area (TPSA) is 87.7 Å². The number of alkyl carbamates (subject to hydrolysis) is 1. The van der Waals surface area contributed by atoms with Crippen LogP contribution in [0.25, 0.3) is 11.1 Å². The first kappa shape index (κ1) is 16.6. The molecule has 3 N–H and O–H groups in total. The molecule has 1 heterocycles. The number of benzene rings is 2. The average Bonchev–Trinajstić information content (AvgIpc) is 3.24. The number of carbonyl (C=O) groups is 2. The molecule has 2 aromatic rings. The van der Waals surface area contributed by atoms with Crippen LogP contribution in [0.2, 0.25) is 0 Å². The van der Waals surface area contributed by atoms with Crippen molar-refractivity contribution in [3.63, 3.8) is 0 Å². The van der Waals surface area contributed by atoms with E-state index in [0.29, 0.717) is 13.0 Å². The molecule has 1 aliphatic heterocycles. The van der Waals surface area contributed by atoms with Crippen molar-refractivity contribution in [2.75, 3.05) is 19.7 Å². The van der Waals surface area contributed by atoms with Crippen molar-refractivity contribution >= 4 is 12.1 Å². The van der Waals surface area contributed by atoms with Crippen molar-refractivity contribution in [1.29, 1.82) is 0 Å². The number of carboxylic acid groups (broad SMARTS) is 1. The number of aliphatic carboxylic acids is 1. The summed E-state index contributed by atoms with van der Waals surface area (Å²) in [5, 5.41) is 15.0. The average molecular weight is 352 g/mol. The molecule has 0 spiro atoms. The van der Waals surface area contributed by atoms with Gasteiger partial charge in [-0.25, -0.2) is 9.59 Å². The van der Waals surface area contributed by atoms with Crippen LogP contribution in [0.3, 0.4) is 0 Å². The fraction of sp³-hybridized carbons (Fsp3) is 0.300. The van der Waals surface area contributed by atoms with Gasteiger partial charge in [0.15, 0.2) is 5.54 Å². The van der Waals surface area contributed by atoms with Crippen molar-refractivity contribution in [3.8, 4) is 11.1 Å². The van der Waals surface area contributed by atoms with Gasteiger partial charge in [-0.05, 0) is 35.2 Å². The van der Waals surface area contributed by atoms with Gasteiger partial charge in [0.05, 0.1) is 0 Å². The minimum Gasteiger partial charge on any atom is -0.479 e. The number of carbonyl (C=O) groups excluding carboxylic acids is 1. The molecule has 1 saturated heterocycles. The highest BCUT2D eigenvalue weighted by Crippen LogP contribution is 2.44. The SMILES string of the molecule is O=C(NC1(C(=O)O)CCNC1)OCC1c2ccccc2-c2ccccc21. The smallest absolute Gasteiger partial charge is 0.408 e. The summed E-state index contributed by atoms with van der Waals surface area (Å²) in [7, 11) is 0. The molecule has 0 aromatic heterocycles. The molecular weight excluding hydrogens is 332 g/mol. The van der Waals surface area contributed by atoms with E-state index < -0.39 is 17.6 Å². The lowest BCUT2D eigenvalue weighted by atomic mass is 9.98. The highest BCUT2D eigenvalue weighted by Gasteiger charge is 2.43. The van der Waals surface area contributed by atoms with Crippen LogP contribution in [-0.4, -0.2) is 42.4 Å². The van der Waals surface area contributed by atoms with Gasteiger partial charge in [0.25, 0.3) is 0 Å². The molecule has 1 fully saturated rings. The van der Waals surface area contributed by atoms with Gasteiger partial charge in [0.1, 0.15) is 6.61 Å². The maximum atomic E-state index is 12.3. The van der Waals surface area contributed by atoms with E-state index in [0.717, 1.165) is 22.3 Å². The van der Waals surface area contributed by atoms with Crippen LogP contribution in [0, 0.1) is 0 Å². The molecule has 1 aliphatic carbocycles. The molecule has 2 aromatic carbocycles. The molecule has 4 rings (SSSR count). The lowest BCUT2D eigenvalue weighted by Crippen LogP contribution is -2.56. The summed E-state index contributed by atoms with van der Waals surface area (Å²) in [5.74, 6) is -1.09. The molecule has 6 heteroatoms. The van der Waals surface area contributed by atoms with Crippen LogP contribution in [0.1, 0.15) is 23.5 Å². The van der Waals surface area contributed by atoms with E-state index in [4.69, 9.17) is 4.74 Å². The molecule has 6 nitrogen and oxygen atoms in total. The Morgan fingerprint density at radius 1 is 1.12 bits per heavy atom. The Balaban J connectivity index is 1.50. The molecule has 1 unspecified atom stereocenters. The number of amides is 1. The van der Waals surface area contributed by atoms with Gasteiger partial charge < -0.3 is 20.5 Å². The van der Waals surface area contributed by atoms with Crippen LogP contribution < -0.4 is 10.6 Å². The molecule has 26 heavy (non-hydrogen) atoms. The third kappa shape index (κ3) is 2.72. The summed E-state index contributed by atoms with van der Waals surface area (Å²) >= 11 is 0. The molecule has 2 aliphatic rings. The lowest BCUT2D eigenvalue weighted by molar-refractivity contribution is -0.143. The van der Waals surface area contributed by atoms with Gasteiger partial charge in [-0.1, -0.05) is 48.5 Å². The van der Waals surface area contributed by atoms with Crippen LogP contribution in [0.4, 0.5) is 4.79 Å². The zero-order chi connectivity index (χ0) is 18.1. The largest absolute Gasteiger partial charge is 0.479 e. The summed E-state index contributed by atoms with van der Waals surface area (Å²) < 4.78 is 5.44. The van der Waals surface area contributed by atoms with E-state index in [1.165, 1.54) is 0 Å². The monoisotopic (exact) mass is 352 g/mol. The number of fused-ring (bicyclic) bond motifs is 3. The number of hydrogen-bond acceptors (Lipinski definition) is 4. The van der Waals surface area contributed by atoms with E-state index in [-0.39, 0.29) is 19.1 Å². The summed E-state index contributed by atoms with van der Waals surface area (Å²) in [6.45, 7) is 0.922. The van der Waals surface area contributed by atoms with Gasteiger partial charge >= 0.3 is 12.1 Å². The van der Waals surface area contributed by atoms with Crippen molar-refractivity contribution < 1.29 is 19.4 Å². The first-order chi connectivity index (χ1) is 12.6. The van der Waals surface area contributed by atoms with Crippen molar-refractivity contribution in [2.24, 2.45) is 0 Å². The summed E-state index contributed by atoms with van der Waals surface area (Å²) in [4.78, 5) is 23.8. The van der Waals surface area contributed by atoms with E-state index in [1.54, 1.807) is 0 Å². The summed E-state index contributed by atoms with van der Waals surface area (Å²) in [6.07, 6.45) is -0.357. The maximum Gasteiger partial charge on any atom is 0.408 e. The van der Waals surface area contributed by atoms with Crippen molar-refractivity contribution in [3.05, 3.63) is 59.7 Å². The standard InChI is InChI=1S/C20H20N2O4/c23-18(24)20(9-10-21-12-20)22-19(25)26-11-17-15-7-3-1-5-13(15)14-6-2-4-8-16(14)17/h1-8,17,21H,9-12H2,(H,22,25)(H,23,24). The zero-order valence-corrected chi connectivity index (χ0v) is 14.2. The summed E-state index contributed by atoms with van der Waals surface area (Å²) in [5.41, 5.74) is 3.26. The number of nitrogens with one attached hydrogen (secondary N) is 2. The predicted octanol–water partition coefficient (Wildman–Crippen LogP) is 2.34. The van der Waals surface area contributed by atoms with E-state index in [9.17, 15) is 14.7 Å². The van der Waals surface area contributed by atoms with Crippen molar-refractivity contribution in [1.82, 2.24) is 10.6 Å². The zero-order valence-electron chi connectivity index (χ0n) is 14.2. The molecule has 1 amide bonds. The quantitative estimate of drug-likeness (QED) is 0.786.